The Balaban J connectivity index is 1.83. The van der Waals surface area contributed by atoms with Crippen LogP contribution in [0.4, 0.5) is 0 Å². The molecular weight excluding hydrogens is 298 g/mol. The Morgan fingerprint density at radius 3 is 2.58 bits per heavy atom. The van der Waals surface area contributed by atoms with Gasteiger partial charge < -0.3 is 5.73 Å². The first-order valence-electron chi connectivity index (χ1n) is 7.80. The third-order valence-corrected chi connectivity index (χ3v) is 4.38. The molecule has 5 heteroatoms. The predicted octanol–water partition coefficient (Wildman–Crippen LogP) is 2.57. The fraction of sp³-hybridized carbons (Fsp3) is 0.158. The maximum Gasteiger partial charge on any atom is 0.234 e. The number of nitrogens with two attached hydrogens (primary N) is 1. The highest BCUT2D eigenvalue weighted by atomic mass is 15.2. The van der Waals surface area contributed by atoms with Crippen LogP contribution in [0.1, 0.15) is 23.1 Å². The summed E-state index contributed by atoms with van der Waals surface area (Å²) in [6.07, 6.45) is 1.78. The number of nitrogens with zero attached hydrogens (tertiary/aromatic N) is 4. The van der Waals surface area contributed by atoms with Crippen molar-refractivity contribution in [3.05, 3.63) is 71.3 Å². The summed E-state index contributed by atoms with van der Waals surface area (Å²) in [6, 6.07) is 19.8. The molecule has 0 saturated carbocycles. The van der Waals surface area contributed by atoms with Gasteiger partial charge in [-0.25, -0.2) is 9.98 Å². The molecule has 116 valence electrons. The van der Waals surface area contributed by atoms with E-state index in [4.69, 9.17) is 10.7 Å². The molecule has 0 saturated heterocycles. The van der Waals surface area contributed by atoms with Gasteiger partial charge in [-0.3, -0.25) is 0 Å². The molecular formula is C19H15N5. The molecule has 2 aromatic rings. The Kier molecular flexibility index (Phi) is 3.24. The van der Waals surface area contributed by atoms with Crippen LogP contribution in [0, 0.1) is 11.3 Å². The Morgan fingerprint density at radius 1 is 1.04 bits per heavy atom. The van der Waals surface area contributed by atoms with Crippen LogP contribution in [0.15, 0.2) is 69.6 Å². The largest absolute Gasteiger partial charge is 0.368 e. The van der Waals surface area contributed by atoms with Crippen LogP contribution >= 0.6 is 0 Å². The Labute approximate surface area is 139 Å². The first-order valence-corrected chi connectivity index (χ1v) is 7.80. The molecule has 1 aliphatic heterocycles. The minimum atomic E-state index is -1.27. The van der Waals surface area contributed by atoms with E-state index in [9.17, 15) is 5.26 Å². The second kappa shape index (κ2) is 5.43. The van der Waals surface area contributed by atoms with Crippen molar-refractivity contribution in [1.29, 1.82) is 5.26 Å². The molecule has 2 N–H and O–H groups in total. The lowest BCUT2D eigenvalue weighted by atomic mass is 9.91. The lowest BCUT2D eigenvalue weighted by Gasteiger charge is -2.18. The second-order valence-corrected chi connectivity index (χ2v) is 5.81. The molecule has 0 radical (unpaired) electrons. The van der Waals surface area contributed by atoms with Gasteiger partial charge in [-0.2, -0.15) is 10.3 Å². The number of hydrogen-bond donors (Lipinski definition) is 1. The Bertz CT molecular complexity index is 934. The van der Waals surface area contributed by atoms with Gasteiger partial charge in [0, 0.05) is 5.56 Å². The molecule has 1 atom stereocenters. The van der Waals surface area contributed by atoms with Gasteiger partial charge in [0.15, 0.2) is 5.84 Å². The van der Waals surface area contributed by atoms with Gasteiger partial charge in [0.2, 0.25) is 11.5 Å². The molecule has 1 unspecified atom stereocenters. The summed E-state index contributed by atoms with van der Waals surface area (Å²) >= 11 is 0. The third kappa shape index (κ3) is 2.12. The summed E-state index contributed by atoms with van der Waals surface area (Å²) in [7, 11) is 0. The normalized spacial score (nSPS) is 23.5. The number of guanidine groups is 1. The van der Waals surface area contributed by atoms with E-state index >= 15 is 0 Å². The van der Waals surface area contributed by atoms with Crippen molar-refractivity contribution in [3.63, 3.8) is 0 Å². The van der Waals surface area contributed by atoms with Gasteiger partial charge in [-0.05, 0) is 24.0 Å². The smallest absolute Gasteiger partial charge is 0.234 e. The molecule has 4 rings (SSSR count). The molecule has 0 fully saturated rings. The van der Waals surface area contributed by atoms with Crippen molar-refractivity contribution >= 4 is 17.5 Å². The van der Waals surface area contributed by atoms with Gasteiger partial charge in [-0.15, -0.1) is 0 Å². The van der Waals surface area contributed by atoms with Crippen LogP contribution in [-0.2, 0) is 12.0 Å². The van der Waals surface area contributed by atoms with Crippen molar-refractivity contribution in [2.45, 2.75) is 18.4 Å². The number of aliphatic imine (C=N–C) groups is 3. The Morgan fingerprint density at radius 2 is 1.79 bits per heavy atom. The van der Waals surface area contributed by atoms with Crippen LogP contribution in [-0.4, -0.2) is 17.5 Å². The van der Waals surface area contributed by atoms with E-state index in [0.717, 1.165) is 29.7 Å². The van der Waals surface area contributed by atoms with Crippen LogP contribution in [0.5, 0.6) is 0 Å². The van der Waals surface area contributed by atoms with Gasteiger partial charge in [-0.1, -0.05) is 54.6 Å². The summed E-state index contributed by atoms with van der Waals surface area (Å²) in [5, 5.41) is 9.86. The Hall–Kier alpha value is -3.26. The number of rotatable bonds is 1. The van der Waals surface area contributed by atoms with Gasteiger partial charge in [0.1, 0.15) is 6.07 Å². The SMILES string of the molecule is N#CC1(c2ccccc2)N=C(N)N=C1N=C1CCc2ccccc21. The molecule has 0 amide bonds. The first-order chi connectivity index (χ1) is 11.7. The highest BCUT2D eigenvalue weighted by Gasteiger charge is 2.43. The number of aryl methyl sites for hydroxylation is 1. The van der Waals surface area contributed by atoms with E-state index in [0.29, 0.717) is 5.84 Å². The first kappa shape index (κ1) is 14.3. The number of amidine groups is 1. The molecule has 24 heavy (non-hydrogen) atoms. The average molecular weight is 313 g/mol. The molecule has 0 aromatic heterocycles. The molecule has 2 aliphatic rings. The maximum atomic E-state index is 9.86. The van der Waals surface area contributed by atoms with Crippen LogP contribution in [0.3, 0.4) is 0 Å². The molecule has 1 heterocycles. The van der Waals surface area contributed by atoms with Gasteiger partial charge in [0.05, 0.1) is 5.71 Å². The van der Waals surface area contributed by atoms with E-state index in [1.54, 1.807) is 0 Å². The zero-order valence-electron chi connectivity index (χ0n) is 13.0. The van der Waals surface area contributed by atoms with E-state index < -0.39 is 5.54 Å². The third-order valence-electron chi connectivity index (χ3n) is 4.38. The number of nitriles is 1. The molecule has 1 aliphatic carbocycles. The molecule has 5 nitrogen and oxygen atoms in total. The quantitative estimate of drug-likeness (QED) is 0.877. The zero-order chi connectivity index (χ0) is 16.6. The topological polar surface area (TPSA) is 86.9 Å². The fourth-order valence-corrected chi connectivity index (χ4v) is 3.21. The summed E-state index contributed by atoms with van der Waals surface area (Å²) < 4.78 is 0. The minimum Gasteiger partial charge on any atom is -0.368 e. The van der Waals surface area contributed by atoms with Crippen LogP contribution < -0.4 is 5.73 Å². The van der Waals surface area contributed by atoms with E-state index in [1.165, 1.54) is 5.56 Å². The summed E-state index contributed by atoms with van der Waals surface area (Å²) in [4.78, 5) is 13.3. The molecule has 0 spiro atoms. The summed E-state index contributed by atoms with van der Waals surface area (Å²) in [5.74, 6) is 0.437. The van der Waals surface area contributed by atoms with E-state index in [1.807, 2.05) is 42.5 Å². The van der Waals surface area contributed by atoms with Crippen molar-refractivity contribution in [3.8, 4) is 6.07 Å². The molecule has 0 bridgehead atoms. The summed E-state index contributed by atoms with van der Waals surface area (Å²) in [6.45, 7) is 0. The van der Waals surface area contributed by atoms with Gasteiger partial charge >= 0.3 is 0 Å². The van der Waals surface area contributed by atoms with Crippen molar-refractivity contribution < 1.29 is 0 Å². The van der Waals surface area contributed by atoms with Crippen LogP contribution in [0.2, 0.25) is 0 Å². The summed E-state index contributed by atoms with van der Waals surface area (Å²) in [5.41, 5.74) is 8.60. The van der Waals surface area contributed by atoms with Crippen molar-refractivity contribution in [1.82, 2.24) is 0 Å². The monoisotopic (exact) mass is 313 g/mol. The highest BCUT2D eigenvalue weighted by molar-refractivity contribution is 6.17. The second-order valence-electron chi connectivity index (χ2n) is 5.81. The lowest BCUT2D eigenvalue weighted by molar-refractivity contribution is 0.789. The lowest BCUT2D eigenvalue weighted by Crippen LogP contribution is -2.29. The number of hydrogen-bond acceptors (Lipinski definition) is 5. The number of benzene rings is 2. The predicted molar refractivity (Wildman–Crippen MR) is 94.1 cm³/mol. The average Bonchev–Trinajstić information content (AvgIpc) is 3.18. The minimum absolute atomic E-state index is 0.0889. The van der Waals surface area contributed by atoms with Crippen molar-refractivity contribution in [2.75, 3.05) is 0 Å². The van der Waals surface area contributed by atoms with Crippen LogP contribution in [0.25, 0.3) is 0 Å². The standard InChI is InChI=1S/C19H15N5/c20-12-19(14-7-2-1-3-8-14)17(23-18(21)24-19)22-16-11-10-13-6-4-5-9-15(13)16/h1-9H,10-11H2,(H2,21,24). The van der Waals surface area contributed by atoms with E-state index in [-0.39, 0.29) is 5.96 Å². The van der Waals surface area contributed by atoms with Crippen molar-refractivity contribution in [2.24, 2.45) is 20.7 Å². The maximum absolute atomic E-state index is 9.86. The molecule has 2 aromatic carbocycles. The number of fused-ring (bicyclic) bond motifs is 1. The van der Waals surface area contributed by atoms with E-state index in [2.05, 4.69) is 28.2 Å². The zero-order valence-corrected chi connectivity index (χ0v) is 13.0. The fourth-order valence-electron chi connectivity index (χ4n) is 3.21. The highest BCUT2D eigenvalue weighted by Crippen LogP contribution is 2.33. The van der Waals surface area contributed by atoms with Gasteiger partial charge in [0.25, 0.3) is 0 Å².